The van der Waals surface area contributed by atoms with Gasteiger partial charge in [-0.15, -0.1) is 11.8 Å². The Kier molecular flexibility index (Phi) is 4.77. The fourth-order valence-corrected chi connectivity index (χ4v) is 2.46. The van der Waals surface area contributed by atoms with Crippen molar-refractivity contribution in [3.8, 4) is 0 Å². The van der Waals surface area contributed by atoms with Gasteiger partial charge in [0.25, 0.3) is 0 Å². The molecule has 0 N–H and O–H groups in total. The number of ketones is 1. The normalized spacial score (nSPS) is 10.5. The van der Waals surface area contributed by atoms with Crippen molar-refractivity contribution in [1.82, 2.24) is 0 Å². The first-order chi connectivity index (χ1) is 9.10. The van der Waals surface area contributed by atoms with E-state index in [0.29, 0.717) is 15.6 Å². The highest BCUT2D eigenvalue weighted by molar-refractivity contribution is 9.10. The van der Waals surface area contributed by atoms with Crippen molar-refractivity contribution >= 4 is 33.5 Å². The highest BCUT2D eigenvalue weighted by atomic mass is 79.9. The number of halogens is 2. The van der Waals surface area contributed by atoms with Gasteiger partial charge in [0.05, 0.1) is 0 Å². The van der Waals surface area contributed by atoms with Gasteiger partial charge in [-0.1, -0.05) is 34.1 Å². The highest BCUT2D eigenvalue weighted by Gasteiger charge is 2.10. The lowest BCUT2D eigenvalue weighted by Crippen LogP contribution is -2.05. The SMILES string of the molecule is CSc1ccc(C(=O)Cc2ccc(Br)cc2F)cc1. The molecule has 0 spiro atoms. The molecule has 0 saturated heterocycles. The predicted molar refractivity (Wildman–Crippen MR) is 80.4 cm³/mol. The van der Waals surface area contributed by atoms with E-state index in [1.165, 1.54) is 6.07 Å². The van der Waals surface area contributed by atoms with Gasteiger partial charge in [-0.25, -0.2) is 4.39 Å². The van der Waals surface area contributed by atoms with E-state index in [1.54, 1.807) is 36.0 Å². The number of carbonyl (C=O) groups is 1. The largest absolute Gasteiger partial charge is 0.294 e. The number of thioether (sulfide) groups is 1. The summed E-state index contributed by atoms with van der Waals surface area (Å²) < 4.78 is 14.3. The quantitative estimate of drug-likeness (QED) is 0.591. The zero-order valence-corrected chi connectivity index (χ0v) is 12.7. The van der Waals surface area contributed by atoms with E-state index < -0.39 is 0 Å². The molecular formula is C15H12BrFOS. The van der Waals surface area contributed by atoms with Gasteiger partial charge in [0.1, 0.15) is 5.82 Å². The smallest absolute Gasteiger partial charge is 0.167 e. The summed E-state index contributed by atoms with van der Waals surface area (Å²) in [6.07, 6.45) is 2.06. The maximum absolute atomic E-state index is 13.7. The minimum Gasteiger partial charge on any atom is -0.294 e. The van der Waals surface area contributed by atoms with Crippen LogP contribution in [0.4, 0.5) is 4.39 Å². The minimum atomic E-state index is -0.358. The molecule has 0 amide bonds. The average molecular weight is 339 g/mol. The fourth-order valence-electron chi connectivity index (χ4n) is 1.72. The van der Waals surface area contributed by atoms with E-state index in [2.05, 4.69) is 15.9 Å². The van der Waals surface area contributed by atoms with Crippen molar-refractivity contribution in [3.05, 3.63) is 63.9 Å². The van der Waals surface area contributed by atoms with Gasteiger partial charge in [0.15, 0.2) is 5.78 Å². The molecular weight excluding hydrogens is 327 g/mol. The summed E-state index contributed by atoms with van der Waals surface area (Å²) in [6.45, 7) is 0. The molecule has 0 heterocycles. The predicted octanol–water partition coefficient (Wildman–Crippen LogP) is 4.74. The number of benzene rings is 2. The Labute approximate surface area is 124 Å². The molecule has 2 rings (SSSR count). The van der Waals surface area contributed by atoms with Crippen LogP contribution in [0, 0.1) is 5.82 Å². The van der Waals surface area contributed by atoms with Crippen LogP contribution in [0.2, 0.25) is 0 Å². The fraction of sp³-hybridized carbons (Fsp3) is 0.133. The van der Waals surface area contributed by atoms with Crippen molar-refractivity contribution in [3.63, 3.8) is 0 Å². The lowest BCUT2D eigenvalue weighted by atomic mass is 10.0. The van der Waals surface area contributed by atoms with Crippen LogP contribution in [0.3, 0.4) is 0 Å². The van der Waals surface area contributed by atoms with E-state index in [1.807, 2.05) is 18.4 Å². The highest BCUT2D eigenvalue weighted by Crippen LogP contribution is 2.19. The van der Waals surface area contributed by atoms with Gasteiger partial charge in [-0.2, -0.15) is 0 Å². The van der Waals surface area contributed by atoms with Gasteiger partial charge < -0.3 is 0 Å². The van der Waals surface area contributed by atoms with E-state index in [0.717, 1.165) is 4.90 Å². The van der Waals surface area contributed by atoms with Crippen molar-refractivity contribution in [1.29, 1.82) is 0 Å². The molecule has 2 aromatic carbocycles. The molecule has 98 valence electrons. The van der Waals surface area contributed by atoms with E-state index >= 15 is 0 Å². The van der Waals surface area contributed by atoms with Gasteiger partial charge in [-0.3, -0.25) is 4.79 Å². The Morgan fingerprint density at radius 2 is 1.89 bits per heavy atom. The van der Waals surface area contributed by atoms with E-state index in [-0.39, 0.29) is 18.0 Å². The van der Waals surface area contributed by atoms with Crippen LogP contribution in [-0.4, -0.2) is 12.0 Å². The molecule has 0 unspecified atom stereocenters. The standard InChI is InChI=1S/C15H12BrFOS/c1-19-13-6-3-10(4-7-13)15(18)8-11-2-5-12(16)9-14(11)17/h2-7,9H,8H2,1H3. The van der Waals surface area contributed by atoms with Crippen molar-refractivity contribution in [2.75, 3.05) is 6.26 Å². The van der Waals surface area contributed by atoms with Crippen LogP contribution in [0.15, 0.2) is 51.8 Å². The van der Waals surface area contributed by atoms with Gasteiger partial charge >= 0.3 is 0 Å². The average Bonchev–Trinajstić information content (AvgIpc) is 2.42. The first-order valence-electron chi connectivity index (χ1n) is 5.71. The van der Waals surface area contributed by atoms with E-state index in [9.17, 15) is 9.18 Å². The summed E-state index contributed by atoms with van der Waals surface area (Å²) >= 11 is 4.82. The van der Waals surface area contributed by atoms with Crippen molar-refractivity contribution < 1.29 is 9.18 Å². The molecule has 0 aliphatic rings. The van der Waals surface area contributed by atoms with Gasteiger partial charge in [-0.05, 0) is 36.1 Å². The zero-order chi connectivity index (χ0) is 13.8. The molecule has 2 aromatic rings. The Hall–Kier alpha value is -1.13. The van der Waals surface area contributed by atoms with Crippen LogP contribution in [0.25, 0.3) is 0 Å². The first kappa shape index (κ1) is 14.3. The summed E-state index contributed by atoms with van der Waals surface area (Å²) in [5.41, 5.74) is 1.03. The summed E-state index contributed by atoms with van der Waals surface area (Å²) in [5, 5.41) is 0. The summed E-state index contributed by atoms with van der Waals surface area (Å²) in [4.78, 5) is 13.2. The Bertz CT molecular complexity index is 596. The molecule has 0 saturated carbocycles. The molecule has 0 radical (unpaired) electrons. The maximum atomic E-state index is 13.7. The molecule has 0 aromatic heterocycles. The van der Waals surface area contributed by atoms with Crippen LogP contribution >= 0.6 is 27.7 Å². The van der Waals surface area contributed by atoms with Gasteiger partial charge in [0, 0.05) is 21.4 Å². The third kappa shape index (κ3) is 3.67. The summed E-state index contributed by atoms with van der Waals surface area (Å²) in [6, 6.07) is 12.1. The van der Waals surface area contributed by atoms with Crippen molar-refractivity contribution in [2.24, 2.45) is 0 Å². The second-order valence-corrected chi connectivity index (χ2v) is 5.86. The molecule has 0 bridgehead atoms. The van der Waals surface area contributed by atoms with Crippen LogP contribution in [0.1, 0.15) is 15.9 Å². The topological polar surface area (TPSA) is 17.1 Å². The second kappa shape index (κ2) is 6.35. The monoisotopic (exact) mass is 338 g/mol. The Balaban J connectivity index is 2.15. The van der Waals surface area contributed by atoms with Crippen LogP contribution in [-0.2, 0) is 6.42 Å². The van der Waals surface area contributed by atoms with Crippen LogP contribution in [0.5, 0.6) is 0 Å². The third-order valence-electron chi connectivity index (χ3n) is 2.78. The number of hydrogen-bond donors (Lipinski definition) is 0. The third-order valence-corrected chi connectivity index (χ3v) is 4.01. The number of carbonyl (C=O) groups excluding carboxylic acids is 1. The maximum Gasteiger partial charge on any atom is 0.167 e. The summed E-state index contributed by atoms with van der Waals surface area (Å²) in [7, 11) is 0. The minimum absolute atomic E-state index is 0.0751. The molecule has 19 heavy (non-hydrogen) atoms. The second-order valence-electron chi connectivity index (χ2n) is 4.06. The molecule has 0 aliphatic heterocycles. The van der Waals surface area contributed by atoms with Crippen molar-refractivity contribution in [2.45, 2.75) is 11.3 Å². The van der Waals surface area contributed by atoms with Gasteiger partial charge in [0.2, 0.25) is 0 Å². The Morgan fingerprint density at radius 1 is 1.21 bits per heavy atom. The molecule has 0 atom stereocenters. The molecule has 4 heteroatoms. The Morgan fingerprint density at radius 3 is 2.47 bits per heavy atom. The molecule has 0 aliphatic carbocycles. The number of hydrogen-bond acceptors (Lipinski definition) is 2. The molecule has 1 nitrogen and oxygen atoms in total. The molecule has 0 fully saturated rings. The zero-order valence-electron chi connectivity index (χ0n) is 10.3. The lowest BCUT2D eigenvalue weighted by molar-refractivity contribution is 0.0992. The van der Waals surface area contributed by atoms with E-state index in [4.69, 9.17) is 0 Å². The number of rotatable bonds is 4. The summed E-state index contributed by atoms with van der Waals surface area (Å²) in [5.74, 6) is -0.433. The number of Topliss-reactive ketones (excluding diaryl/α,β-unsaturated/α-hetero) is 1. The van der Waals surface area contributed by atoms with Crippen LogP contribution < -0.4 is 0 Å². The first-order valence-corrected chi connectivity index (χ1v) is 7.73. The lowest BCUT2D eigenvalue weighted by Gasteiger charge is -2.04.